The normalized spacial score (nSPS) is 22.0. The van der Waals surface area contributed by atoms with Crippen molar-refractivity contribution in [3.8, 4) is 0 Å². The minimum absolute atomic E-state index is 0.0944. The monoisotopic (exact) mass is 294 g/mol. The molecule has 5 nitrogen and oxygen atoms in total. The number of anilines is 1. The third kappa shape index (κ3) is 3.58. The number of hydrogen-bond acceptors (Lipinski definition) is 3. The molecule has 1 heterocycles. The Morgan fingerprint density at radius 3 is 2.76 bits per heavy atom. The molecule has 2 rings (SSSR count). The molecule has 6 heteroatoms. The fourth-order valence-corrected chi connectivity index (χ4v) is 2.37. The molecule has 2 unspecified atom stereocenters. The summed E-state index contributed by atoms with van der Waals surface area (Å²) in [5.41, 5.74) is 0.279. The van der Waals surface area contributed by atoms with Gasteiger partial charge in [0.2, 0.25) is 5.91 Å². The van der Waals surface area contributed by atoms with E-state index in [0.717, 1.165) is 6.07 Å². The number of piperidine rings is 1. The Morgan fingerprint density at radius 1 is 1.43 bits per heavy atom. The van der Waals surface area contributed by atoms with E-state index in [-0.39, 0.29) is 23.9 Å². The van der Waals surface area contributed by atoms with Crippen molar-refractivity contribution in [3.63, 3.8) is 0 Å². The largest absolute Gasteiger partial charge is 0.391 e. The van der Waals surface area contributed by atoms with Crippen molar-refractivity contribution in [1.82, 2.24) is 4.90 Å². The first kappa shape index (κ1) is 15.4. The molecule has 1 aliphatic heterocycles. The molecule has 0 bridgehead atoms. The summed E-state index contributed by atoms with van der Waals surface area (Å²) in [4.78, 5) is 24.8. The zero-order valence-corrected chi connectivity index (χ0v) is 12.1. The van der Waals surface area contributed by atoms with Crippen LogP contribution in [0.5, 0.6) is 0 Å². The average Bonchev–Trinajstić information content (AvgIpc) is 2.42. The molecule has 114 valence electrons. The van der Waals surface area contributed by atoms with Crippen LogP contribution in [0.1, 0.15) is 30.6 Å². The molecule has 1 fully saturated rings. The molecular formula is C15H19FN2O3. The first-order valence-corrected chi connectivity index (χ1v) is 6.93. The Kier molecular flexibility index (Phi) is 4.57. The number of rotatable bonds is 2. The van der Waals surface area contributed by atoms with Crippen LogP contribution in [0.4, 0.5) is 10.1 Å². The number of benzene rings is 1. The highest BCUT2D eigenvalue weighted by Gasteiger charge is 2.29. The zero-order valence-electron chi connectivity index (χ0n) is 12.1. The van der Waals surface area contributed by atoms with Crippen molar-refractivity contribution in [1.29, 1.82) is 0 Å². The van der Waals surface area contributed by atoms with E-state index in [4.69, 9.17) is 0 Å². The van der Waals surface area contributed by atoms with Crippen LogP contribution in [0, 0.1) is 11.7 Å². The van der Waals surface area contributed by atoms with E-state index < -0.39 is 17.8 Å². The van der Waals surface area contributed by atoms with E-state index in [0.29, 0.717) is 18.7 Å². The van der Waals surface area contributed by atoms with Crippen molar-refractivity contribution in [3.05, 3.63) is 29.6 Å². The molecule has 2 atom stereocenters. The van der Waals surface area contributed by atoms with E-state index in [2.05, 4.69) is 5.32 Å². The van der Waals surface area contributed by atoms with Gasteiger partial charge in [0.15, 0.2) is 0 Å². The summed E-state index contributed by atoms with van der Waals surface area (Å²) >= 11 is 0. The van der Waals surface area contributed by atoms with Crippen LogP contribution < -0.4 is 5.32 Å². The number of likely N-dealkylation sites (tertiary alicyclic amines) is 1. The topological polar surface area (TPSA) is 69.6 Å². The van der Waals surface area contributed by atoms with Crippen LogP contribution in [-0.4, -0.2) is 41.0 Å². The third-order valence-corrected chi connectivity index (χ3v) is 3.72. The van der Waals surface area contributed by atoms with Gasteiger partial charge >= 0.3 is 0 Å². The smallest absolute Gasteiger partial charge is 0.256 e. The lowest BCUT2D eigenvalue weighted by molar-refractivity contribution is -0.114. The number of nitrogens with zero attached hydrogens (tertiary/aromatic N) is 1. The minimum Gasteiger partial charge on any atom is -0.391 e. The van der Waals surface area contributed by atoms with Gasteiger partial charge in [-0.1, -0.05) is 6.92 Å². The number of β-amino-alcohol motifs (C(OH)–C–C–N with tert-alkyl or cyclic N) is 1. The first-order valence-electron chi connectivity index (χ1n) is 6.93. The number of nitrogens with one attached hydrogen (secondary N) is 1. The van der Waals surface area contributed by atoms with Gasteiger partial charge in [-0.3, -0.25) is 9.59 Å². The van der Waals surface area contributed by atoms with E-state index >= 15 is 0 Å². The number of aliphatic hydroxyl groups excluding tert-OH is 1. The number of halogens is 1. The summed E-state index contributed by atoms with van der Waals surface area (Å²) in [5.74, 6) is -1.26. The maximum absolute atomic E-state index is 13.9. The standard InChI is InChI=1S/C15H19FN2O3/c1-9-5-6-18(8-14(9)20)15(21)12-7-11(17-10(2)19)3-4-13(12)16/h3-4,7,9,14,20H,5-6,8H2,1-2H3,(H,17,19). The second-order valence-corrected chi connectivity index (χ2v) is 5.46. The molecule has 0 aromatic heterocycles. The Hall–Kier alpha value is -1.95. The van der Waals surface area contributed by atoms with E-state index in [1.54, 1.807) is 0 Å². The Labute approximate surface area is 122 Å². The lowest BCUT2D eigenvalue weighted by Gasteiger charge is -2.34. The van der Waals surface area contributed by atoms with E-state index in [9.17, 15) is 19.1 Å². The molecule has 2 N–H and O–H groups in total. The van der Waals surface area contributed by atoms with Gasteiger partial charge in [-0.25, -0.2) is 4.39 Å². The van der Waals surface area contributed by atoms with Gasteiger partial charge in [0.25, 0.3) is 5.91 Å². The summed E-state index contributed by atoms with van der Waals surface area (Å²) in [6, 6.07) is 3.88. The summed E-state index contributed by atoms with van der Waals surface area (Å²) < 4.78 is 13.9. The SMILES string of the molecule is CC(=O)Nc1ccc(F)c(C(=O)N2CCC(C)C(O)C2)c1. The van der Waals surface area contributed by atoms with E-state index in [1.807, 2.05) is 6.92 Å². The summed E-state index contributed by atoms with van der Waals surface area (Å²) in [7, 11) is 0. The molecule has 1 saturated heterocycles. The maximum atomic E-state index is 13.9. The van der Waals surface area contributed by atoms with Crippen molar-refractivity contribution >= 4 is 17.5 Å². The number of carbonyl (C=O) groups excluding carboxylic acids is 2. The molecule has 0 radical (unpaired) electrons. The molecular weight excluding hydrogens is 275 g/mol. The molecule has 0 spiro atoms. The fourth-order valence-electron chi connectivity index (χ4n) is 2.37. The summed E-state index contributed by atoms with van der Waals surface area (Å²) in [5, 5.41) is 12.4. The summed E-state index contributed by atoms with van der Waals surface area (Å²) in [6.07, 6.45) is 0.0872. The second-order valence-electron chi connectivity index (χ2n) is 5.46. The predicted octanol–water partition coefficient (Wildman–Crippen LogP) is 1.63. The van der Waals surface area contributed by atoms with Gasteiger partial charge in [-0.15, -0.1) is 0 Å². The van der Waals surface area contributed by atoms with Gasteiger partial charge in [-0.2, -0.15) is 0 Å². The highest BCUT2D eigenvalue weighted by atomic mass is 19.1. The Balaban J connectivity index is 2.20. The molecule has 1 aromatic carbocycles. The average molecular weight is 294 g/mol. The van der Waals surface area contributed by atoms with Crippen LogP contribution in [0.3, 0.4) is 0 Å². The maximum Gasteiger partial charge on any atom is 0.256 e. The quantitative estimate of drug-likeness (QED) is 0.871. The first-order chi connectivity index (χ1) is 9.88. The molecule has 0 saturated carbocycles. The molecule has 0 aliphatic carbocycles. The fraction of sp³-hybridized carbons (Fsp3) is 0.467. The van der Waals surface area contributed by atoms with Gasteiger partial charge in [0, 0.05) is 25.7 Å². The van der Waals surface area contributed by atoms with Gasteiger partial charge in [0.05, 0.1) is 11.7 Å². The van der Waals surface area contributed by atoms with Gasteiger partial charge in [0.1, 0.15) is 5.82 Å². The van der Waals surface area contributed by atoms with Crippen molar-refractivity contribution in [2.24, 2.45) is 5.92 Å². The Bertz CT molecular complexity index is 562. The van der Waals surface area contributed by atoms with Crippen LogP contribution >= 0.6 is 0 Å². The molecule has 2 amide bonds. The third-order valence-electron chi connectivity index (χ3n) is 3.72. The number of carbonyl (C=O) groups is 2. The highest BCUT2D eigenvalue weighted by molar-refractivity contribution is 5.97. The van der Waals surface area contributed by atoms with Crippen molar-refractivity contribution in [2.75, 3.05) is 18.4 Å². The van der Waals surface area contributed by atoms with Crippen LogP contribution in [0.15, 0.2) is 18.2 Å². The van der Waals surface area contributed by atoms with Gasteiger partial charge < -0.3 is 15.3 Å². The lowest BCUT2D eigenvalue weighted by Crippen LogP contribution is -2.46. The number of amides is 2. The Morgan fingerprint density at radius 2 is 2.14 bits per heavy atom. The van der Waals surface area contributed by atoms with Gasteiger partial charge in [-0.05, 0) is 30.5 Å². The summed E-state index contributed by atoms with van der Waals surface area (Å²) in [6.45, 7) is 3.95. The second kappa shape index (κ2) is 6.22. The number of hydrogen-bond donors (Lipinski definition) is 2. The molecule has 1 aliphatic rings. The minimum atomic E-state index is -0.637. The molecule has 1 aromatic rings. The van der Waals surface area contributed by atoms with Crippen LogP contribution in [0.25, 0.3) is 0 Å². The molecule has 21 heavy (non-hydrogen) atoms. The lowest BCUT2D eigenvalue weighted by atomic mass is 9.95. The van der Waals surface area contributed by atoms with Crippen LogP contribution in [0.2, 0.25) is 0 Å². The number of aliphatic hydroxyl groups is 1. The van der Waals surface area contributed by atoms with E-state index in [1.165, 1.54) is 24.0 Å². The van der Waals surface area contributed by atoms with Crippen molar-refractivity contribution in [2.45, 2.75) is 26.4 Å². The van der Waals surface area contributed by atoms with Crippen LogP contribution in [-0.2, 0) is 4.79 Å². The zero-order chi connectivity index (χ0) is 15.6. The highest BCUT2D eigenvalue weighted by Crippen LogP contribution is 2.22. The predicted molar refractivity (Wildman–Crippen MR) is 76.4 cm³/mol. The van der Waals surface area contributed by atoms with Crippen molar-refractivity contribution < 1.29 is 19.1 Å².